The minimum absolute atomic E-state index is 0.0196. The lowest BCUT2D eigenvalue weighted by atomic mass is 10.0. The second-order valence-corrected chi connectivity index (χ2v) is 9.80. The molecule has 1 heterocycles. The lowest BCUT2D eigenvalue weighted by Crippen LogP contribution is -2.17. The fourth-order valence-corrected chi connectivity index (χ4v) is 5.61. The molecule has 0 saturated carbocycles. The topological polar surface area (TPSA) is 68.1 Å². The van der Waals surface area contributed by atoms with E-state index in [-0.39, 0.29) is 16.7 Å². The molecule has 192 valence electrons. The van der Waals surface area contributed by atoms with Gasteiger partial charge in [-0.25, -0.2) is 9.71 Å². The number of nitrogens with zero attached hydrogens (tertiary/aromatic N) is 2. The first-order chi connectivity index (χ1) is 17.5. The summed E-state index contributed by atoms with van der Waals surface area (Å²) in [5.41, 5.74) is 4.91. The standard InChI is InChI=1S/C25H25N3O2S2.2C2H6/c1-3-6-18-7-4-8-19(14-18)15-23(25-26-22-12-11-17(2)13-24(22)31-25)27-32-21-10-5-9-20(16-21)28(29)30;2*1-2/h4-5,7-14,16,23,27H,3,6,15H2,1-2H3;2*1-2H3. The predicted molar refractivity (Wildman–Crippen MR) is 156 cm³/mol. The number of fused-ring (bicyclic) bond motifs is 1. The van der Waals surface area contributed by atoms with E-state index in [9.17, 15) is 10.1 Å². The Hall–Kier alpha value is -2.74. The zero-order chi connectivity index (χ0) is 26.5. The maximum absolute atomic E-state index is 11.1. The van der Waals surface area contributed by atoms with E-state index in [1.807, 2.05) is 33.8 Å². The normalized spacial score (nSPS) is 11.2. The van der Waals surface area contributed by atoms with Crippen molar-refractivity contribution >= 4 is 39.2 Å². The Balaban J connectivity index is 0.00000109. The molecule has 4 rings (SSSR count). The minimum atomic E-state index is -0.364. The third kappa shape index (κ3) is 8.43. The van der Waals surface area contributed by atoms with Crippen molar-refractivity contribution < 1.29 is 4.92 Å². The third-order valence-electron chi connectivity index (χ3n) is 5.18. The second kappa shape index (κ2) is 15.4. The number of hydrogen-bond donors (Lipinski definition) is 1. The number of non-ortho nitro benzene ring substituents is 1. The number of nitro groups is 1. The van der Waals surface area contributed by atoms with E-state index in [1.54, 1.807) is 23.5 Å². The molecule has 0 aliphatic carbocycles. The van der Waals surface area contributed by atoms with Gasteiger partial charge in [0.05, 0.1) is 21.2 Å². The summed E-state index contributed by atoms with van der Waals surface area (Å²) in [6, 6.07) is 21.7. The van der Waals surface area contributed by atoms with Gasteiger partial charge in [-0.15, -0.1) is 11.3 Å². The molecule has 4 aromatic rings. The molecule has 7 heteroatoms. The number of benzene rings is 3. The lowest BCUT2D eigenvalue weighted by molar-refractivity contribution is -0.385. The van der Waals surface area contributed by atoms with Crippen molar-refractivity contribution in [2.45, 2.75) is 71.7 Å². The largest absolute Gasteiger partial charge is 0.270 e. The van der Waals surface area contributed by atoms with Crippen molar-refractivity contribution in [3.63, 3.8) is 0 Å². The SMILES string of the molecule is CC.CC.CCCc1cccc(CC(NSc2cccc([N+](=O)[O-])c2)c2nc3ccc(C)cc3s2)c1. The molecule has 0 aliphatic rings. The first-order valence-electron chi connectivity index (χ1n) is 12.6. The summed E-state index contributed by atoms with van der Waals surface area (Å²) in [6.07, 6.45) is 2.97. The summed E-state index contributed by atoms with van der Waals surface area (Å²) in [6.45, 7) is 12.3. The average molecular weight is 524 g/mol. The smallest absolute Gasteiger partial charge is 0.258 e. The average Bonchev–Trinajstić information content (AvgIpc) is 3.32. The zero-order valence-electron chi connectivity index (χ0n) is 22.1. The zero-order valence-corrected chi connectivity index (χ0v) is 23.7. The van der Waals surface area contributed by atoms with Crippen LogP contribution in [0.5, 0.6) is 0 Å². The fourth-order valence-electron chi connectivity index (χ4n) is 3.61. The summed E-state index contributed by atoms with van der Waals surface area (Å²) in [5.74, 6) is 0. The number of aryl methyl sites for hydroxylation is 2. The summed E-state index contributed by atoms with van der Waals surface area (Å²) in [4.78, 5) is 16.5. The van der Waals surface area contributed by atoms with E-state index in [0.717, 1.165) is 34.7 Å². The van der Waals surface area contributed by atoms with E-state index < -0.39 is 0 Å². The van der Waals surface area contributed by atoms with Crippen LogP contribution in [0.25, 0.3) is 10.2 Å². The number of aromatic nitrogens is 1. The van der Waals surface area contributed by atoms with Gasteiger partial charge in [0.2, 0.25) is 0 Å². The molecule has 3 aromatic carbocycles. The van der Waals surface area contributed by atoms with Gasteiger partial charge in [-0.05, 0) is 66.6 Å². The first-order valence-corrected chi connectivity index (χ1v) is 14.3. The van der Waals surface area contributed by atoms with Gasteiger partial charge >= 0.3 is 0 Å². The third-order valence-corrected chi connectivity index (χ3v) is 7.20. The van der Waals surface area contributed by atoms with E-state index in [2.05, 4.69) is 61.0 Å². The van der Waals surface area contributed by atoms with Crippen molar-refractivity contribution in [1.82, 2.24) is 9.71 Å². The number of thiazole rings is 1. The van der Waals surface area contributed by atoms with Gasteiger partial charge in [-0.1, -0.05) is 77.4 Å². The van der Waals surface area contributed by atoms with E-state index in [4.69, 9.17) is 4.98 Å². The van der Waals surface area contributed by atoms with Crippen LogP contribution in [0.15, 0.2) is 71.6 Å². The molecule has 0 fully saturated rings. The number of nitro benzene ring substituents is 1. The van der Waals surface area contributed by atoms with Crippen LogP contribution in [0.4, 0.5) is 5.69 Å². The van der Waals surface area contributed by atoms with Crippen molar-refractivity contribution in [2.75, 3.05) is 0 Å². The molecule has 0 radical (unpaired) electrons. The Morgan fingerprint density at radius 3 is 2.44 bits per heavy atom. The maximum atomic E-state index is 11.1. The van der Waals surface area contributed by atoms with Crippen molar-refractivity contribution in [3.05, 3.63) is 98.5 Å². The van der Waals surface area contributed by atoms with Crippen LogP contribution >= 0.6 is 23.3 Å². The van der Waals surface area contributed by atoms with Gasteiger partial charge in [-0.2, -0.15) is 0 Å². The Kier molecular flexibility index (Phi) is 12.6. The fraction of sp³-hybridized carbons (Fsp3) is 0.345. The van der Waals surface area contributed by atoms with Crippen LogP contribution in [0.3, 0.4) is 0 Å². The van der Waals surface area contributed by atoms with Crippen LogP contribution in [0.1, 0.15) is 68.8 Å². The van der Waals surface area contributed by atoms with Crippen molar-refractivity contribution in [2.24, 2.45) is 0 Å². The van der Waals surface area contributed by atoms with Gasteiger partial charge in [-0.3, -0.25) is 10.1 Å². The highest BCUT2D eigenvalue weighted by atomic mass is 32.2. The molecular formula is C29H37N3O2S2. The molecular weight excluding hydrogens is 486 g/mol. The highest BCUT2D eigenvalue weighted by Crippen LogP contribution is 2.32. The Bertz CT molecular complexity index is 1240. The van der Waals surface area contributed by atoms with Crippen LogP contribution in [0, 0.1) is 17.0 Å². The summed E-state index contributed by atoms with van der Waals surface area (Å²) < 4.78 is 4.71. The van der Waals surface area contributed by atoms with Crippen LogP contribution < -0.4 is 4.72 Å². The van der Waals surface area contributed by atoms with Gasteiger partial charge in [0.25, 0.3) is 5.69 Å². The molecule has 1 unspecified atom stereocenters. The van der Waals surface area contributed by atoms with Gasteiger partial charge in [0.1, 0.15) is 5.01 Å². The summed E-state index contributed by atoms with van der Waals surface area (Å²) in [5, 5.41) is 12.2. The predicted octanol–water partition coefficient (Wildman–Crippen LogP) is 9.10. The van der Waals surface area contributed by atoms with E-state index in [1.165, 1.54) is 39.4 Å². The van der Waals surface area contributed by atoms with Gasteiger partial charge in [0, 0.05) is 17.0 Å². The first kappa shape index (κ1) is 29.5. The number of hydrogen-bond acceptors (Lipinski definition) is 6. The molecule has 0 amide bonds. The highest BCUT2D eigenvalue weighted by molar-refractivity contribution is 7.97. The molecule has 0 aliphatic heterocycles. The Morgan fingerprint density at radius 2 is 1.72 bits per heavy atom. The van der Waals surface area contributed by atoms with E-state index >= 15 is 0 Å². The number of rotatable bonds is 9. The molecule has 36 heavy (non-hydrogen) atoms. The summed E-state index contributed by atoms with van der Waals surface area (Å²) in [7, 11) is 0. The van der Waals surface area contributed by atoms with Crippen molar-refractivity contribution in [3.8, 4) is 0 Å². The number of nitrogens with one attached hydrogen (secondary N) is 1. The molecule has 1 N–H and O–H groups in total. The second-order valence-electron chi connectivity index (χ2n) is 7.82. The monoisotopic (exact) mass is 523 g/mol. The van der Waals surface area contributed by atoms with Gasteiger partial charge in [0.15, 0.2) is 0 Å². The van der Waals surface area contributed by atoms with Crippen LogP contribution in [-0.4, -0.2) is 9.91 Å². The Morgan fingerprint density at radius 1 is 1.00 bits per heavy atom. The minimum Gasteiger partial charge on any atom is -0.258 e. The molecule has 5 nitrogen and oxygen atoms in total. The lowest BCUT2D eigenvalue weighted by Gasteiger charge is -2.16. The molecule has 0 saturated heterocycles. The van der Waals surface area contributed by atoms with Crippen LogP contribution in [0.2, 0.25) is 0 Å². The quantitative estimate of drug-likeness (QED) is 0.135. The molecule has 0 spiro atoms. The maximum Gasteiger partial charge on any atom is 0.270 e. The highest BCUT2D eigenvalue weighted by Gasteiger charge is 2.18. The molecule has 0 bridgehead atoms. The molecule has 1 atom stereocenters. The molecule has 1 aromatic heterocycles. The van der Waals surface area contributed by atoms with Crippen molar-refractivity contribution in [1.29, 1.82) is 0 Å². The van der Waals surface area contributed by atoms with Crippen LogP contribution in [-0.2, 0) is 12.8 Å². The summed E-state index contributed by atoms with van der Waals surface area (Å²) >= 11 is 3.12. The van der Waals surface area contributed by atoms with Gasteiger partial charge < -0.3 is 0 Å². The van der Waals surface area contributed by atoms with E-state index in [0.29, 0.717) is 0 Å². The Labute approximate surface area is 223 Å².